The van der Waals surface area contributed by atoms with E-state index in [1.165, 1.54) is 6.26 Å². The highest BCUT2D eigenvalue weighted by molar-refractivity contribution is 7.90. The highest BCUT2D eigenvalue weighted by Crippen LogP contribution is 2.22. The second-order valence-corrected chi connectivity index (χ2v) is 8.11. The zero-order chi connectivity index (χ0) is 16.1. The molecule has 0 bridgehead atoms. The van der Waals surface area contributed by atoms with Crippen LogP contribution in [0.1, 0.15) is 32.4 Å². The molecule has 0 fully saturated rings. The zero-order valence-corrected chi connectivity index (χ0v) is 14.0. The van der Waals surface area contributed by atoms with E-state index in [2.05, 4.69) is 41.4 Å². The second kappa shape index (κ2) is 6.93. The summed E-state index contributed by atoms with van der Waals surface area (Å²) < 4.78 is 27.8. The maximum absolute atomic E-state index is 11.1. The Morgan fingerprint density at radius 3 is 2.52 bits per heavy atom. The molecule has 1 aromatic rings. The summed E-state index contributed by atoms with van der Waals surface area (Å²) in [6.45, 7) is 6.84. The van der Waals surface area contributed by atoms with Gasteiger partial charge < -0.3 is 15.1 Å². The molecular formula is C13H24N4O3S. The summed E-state index contributed by atoms with van der Waals surface area (Å²) in [5.41, 5.74) is -0.0827. The van der Waals surface area contributed by atoms with Gasteiger partial charge >= 0.3 is 0 Å². The van der Waals surface area contributed by atoms with Crippen LogP contribution in [0.5, 0.6) is 0 Å². The summed E-state index contributed by atoms with van der Waals surface area (Å²) in [7, 11) is -1.37. The summed E-state index contributed by atoms with van der Waals surface area (Å²) in [5, 5.41) is 5.95. The van der Waals surface area contributed by atoms with Crippen LogP contribution in [0.25, 0.3) is 0 Å². The number of hydrogen-bond acceptors (Lipinski definition) is 5. The van der Waals surface area contributed by atoms with E-state index in [1.54, 1.807) is 13.2 Å². The predicted octanol–water partition coefficient (Wildman–Crippen LogP) is 0.682. The van der Waals surface area contributed by atoms with Crippen LogP contribution in [0.3, 0.4) is 0 Å². The molecule has 0 amide bonds. The van der Waals surface area contributed by atoms with E-state index in [9.17, 15) is 8.42 Å². The Kier molecular flexibility index (Phi) is 5.77. The van der Waals surface area contributed by atoms with Gasteiger partial charge in [-0.3, -0.25) is 4.99 Å². The molecule has 2 N–H and O–H groups in total. The van der Waals surface area contributed by atoms with E-state index < -0.39 is 9.84 Å². The van der Waals surface area contributed by atoms with Crippen molar-refractivity contribution >= 4 is 15.8 Å². The summed E-state index contributed by atoms with van der Waals surface area (Å²) in [6, 6.07) is 0. The first-order valence-electron chi connectivity index (χ1n) is 6.69. The highest BCUT2D eigenvalue weighted by Gasteiger charge is 2.19. The number of aliphatic imine (C=N–C) groups is 1. The molecule has 0 aromatic carbocycles. The summed E-state index contributed by atoms with van der Waals surface area (Å²) in [4.78, 5) is 8.21. The van der Waals surface area contributed by atoms with Gasteiger partial charge in [0.2, 0.25) is 5.89 Å². The number of nitrogens with zero attached hydrogens (tertiary/aromatic N) is 2. The fourth-order valence-electron chi connectivity index (χ4n) is 1.47. The van der Waals surface area contributed by atoms with Crippen molar-refractivity contribution in [3.8, 4) is 0 Å². The molecule has 120 valence electrons. The molecule has 21 heavy (non-hydrogen) atoms. The minimum atomic E-state index is -2.98. The zero-order valence-electron chi connectivity index (χ0n) is 13.2. The monoisotopic (exact) mass is 316 g/mol. The van der Waals surface area contributed by atoms with Crippen molar-refractivity contribution in [2.45, 2.75) is 32.7 Å². The molecule has 1 rings (SSSR count). The van der Waals surface area contributed by atoms with Crippen LogP contribution < -0.4 is 10.6 Å². The lowest BCUT2D eigenvalue weighted by Crippen LogP contribution is -2.39. The molecule has 1 aromatic heterocycles. The Labute approximate surface area is 126 Å². The topological polar surface area (TPSA) is 96.6 Å². The Morgan fingerprint density at radius 2 is 2.05 bits per heavy atom. The second-order valence-electron chi connectivity index (χ2n) is 5.85. The van der Waals surface area contributed by atoms with Gasteiger partial charge in [-0.2, -0.15) is 0 Å². The van der Waals surface area contributed by atoms with Crippen LogP contribution in [0.4, 0.5) is 0 Å². The van der Waals surface area contributed by atoms with Crippen molar-refractivity contribution in [2.24, 2.45) is 4.99 Å². The summed E-state index contributed by atoms with van der Waals surface area (Å²) in [6.07, 6.45) is 2.92. The number of guanidine groups is 1. The molecule has 0 aliphatic carbocycles. The lowest BCUT2D eigenvalue weighted by Gasteiger charge is -2.13. The predicted molar refractivity (Wildman–Crippen MR) is 83.1 cm³/mol. The van der Waals surface area contributed by atoms with Crippen LogP contribution in [0.15, 0.2) is 15.6 Å². The molecule has 1 heterocycles. The van der Waals surface area contributed by atoms with Gasteiger partial charge in [0.25, 0.3) is 0 Å². The van der Waals surface area contributed by atoms with Crippen molar-refractivity contribution in [3.05, 3.63) is 17.8 Å². The van der Waals surface area contributed by atoms with Gasteiger partial charge in [-0.05, 0) is 0 Å². The first-order valence-corrected chi connectivity index (χ1v) is 8.75. The Balaban J connectivity index is 2.47. The summed E-state index contributed by atoms with van der Waals surface area (Å²) >= 11 is 0. The molecular weight excluding hydrogens is 292 g/mol. The van der Waals surface area contributed by atoms with Crippen LogP contribution in [0, 0.1) is 0 Å². The van der Waals surface area contributed by atoms with Crippen molar-refractivity contribution < 1.29 is 12.8 Å². The number of rotatable bonds is 5. The molecule has 8 heteroatoms. The SMILES string of the molecule is CN=C(NCCS(C)(=O)=O)NCc1ncc(C(C)(C)C)o1. The van der Waals surface area contributed by atoms with Crippen molar-refractivity contribution in [3.63, 3.8) is 0 Å². The average Bonchev–Trinajstić information content (AvgIpc) is 2.80. The molecule has 0 unspecified atom stereocenters. The number of nitrogens with one attached hydrogen (secondary N) is 2. The average molecular weight is 316 g/mol. The van der Waals surface area contributed by atoms with E-state index in [0.29, 0.717) is 24.9 Å². The van der Waals surface area contributed by atoms with E-state index in [4.69, 9.17) is 4.42 Å². The first kappa shape index (κ1) is 17.5. The normalized spacial score (nSPS) is 13.3. The fraction of sp³-hybridized carbons (Fsp3) is 0.692. The van der Waals surface area contributed by atoms with E-state index in [1.807, 2.05) is 0 Å². The van der Waals surface area contributed by atoms with Crippen LogP contribution in [0.2, 0.25) is 0 Å². The Bertz CT molecular complexity index is 585. The fourth-order valence-corrected chi connectivity index (χ4v) is 1.95. The first-order chi connectivity index (χ1) is 9.62. The third kappa shape index (κ3) is 6.61. The molecule has 0 radical (unpaired) electrons. The summed E-state index contributed by atoms with van der Waals surface area (Å²) in [5.74, 6) is 1.94. The Morgan fingerprint density at radius 1 is 1.38 bits per heavy atom. The number of oxazole rings is 1. The smallest absolute Gasteiger partial charge is 0.213 e. The van der Waals surface area contributed by atoms with Gasteiger partial charge in [-0.25, -0.2) is 13.4 Å². The molecule has 0 aliphatic heterocycles. The van der Waals surface area contributed by atoms with Crippen molar-refractivity contribution in [2.75, 3.05) is 25.6 Å². The molecule has 7 nitrogen and oxygen atoms in total. The van der Waals surface area contributed by atoms with Crippen molar-refractivity contribution in [1.29, 1.82) is 0 Å². The van der Waals surface area contributed by atoms with Crippen molar-refractivity contribution in [1.82, 2.24) is 15.6 Å². The van der Waals surface area contributed by atoms with Gasteiger partial charge in [0.15, 0.2) is 5.96 Å². The van der Waals surface area contributed by atoms with Gasteiger partial charge in [0.05, 0.1) is 18.5 Å². The quantitative estimate of drug-likeness (QED) is 0.612. The number of hydrogen-bond donors (Lipinski definition) is 2. The van der Waals surface area contributed by atoms with Crippen LogP contribution in [-0.4, -0.2) is 45.0 Å². The minimum Gasteiger partial charge on any atom is -0.443 e. The van der Waals surface area contributed by atoms with Gasteiger partial charge in [-0.1, -0.05) is 20.8 Å². The van der Waals surface area contributed by atoms with Crippen LogP contribution in [-0.2, 0) is 21.8 Å². The molecule has 0 saturated heterocycles. The molecule has 0 saturated carbocycles. The van der Waals surface area contributed by atoms with Gasteiger partial charge in [0, 0.05) is 25.3 Å². The molecule has 0 atom stereocenters. The van der Waals surface area contributed by atoms with Gasteiger partial charge in [-0.15, -0.1) is 0 Å². The van der Waals surface area contributed by atoms with Crippen LogP contribution >= 0.6 is 0 Å². The Hall–Kier alpha value is -1.57. The highest BCUT2D eigenvalue weighted by atomic mass is 32.2. The lowest BCUT2D eigenvalue weighted by atomic mass is 9.94. The molecule has 0 aliphatic rings. The van der Waals surface area contributed by atoms with E-state index in [-0.39, 0.29) is 11.2 Å². The largest absolute Gasteiger partial charge is 0.443 e. The lowest BCUT2D eigenvalue weighted by molar-refractivity contribution is 0.379. The van der Waals surface area contributed by atoms with Gasteiger partial charge in [0.1, 0.15) is 15.6 Å². The van der Waals surface area contributed by atoms with E-state index >= 15 is 0 Å². The van der Waals surface area contributed by atoms with E-state index in [0.717, 1.165) is 5.76 Å². The minimum absolute atomic E-state index is 0.0564. The standard InChI is InChI=1S/C13H24N4O3S/c1-13(2,3)10-8-16-11(20-10)9-17-12(14-4)15-6-7-21(5,18)19/h8H,6-7,9H2,1-5H3,(H2,14,15,17). The third-order valence-corrected chi connectivity index (χ3v) is 3.63. The number of sulfone groups is 1. The maximum Gasteiger partial charge on any atom is 0.213 e. The maximum atomic E-state index is 11.1. The third-order valence-electron chi connectivity index (χ3n) is 2.69. The number of aromatic nitrogens is 1. The molecule has 0 spiro atoms.